The van der Waals surface area contributed by atoms with Gasteiger partial charge in [-0.1, -0.05) is 41.6 Å². The van der Waals surface area contributed by atoms with Gasteiger partial charge in [0.1, 0.15) is 0 Å². The second-order valence-electron chi connectivity index (χ2n) is 4.63. The fourth-order valence-corrected chi connectivity index (χ4v) is 2.52. The zero-order chi connectivity index (χ0) is 13.2. The first-order chi connectivity index (χ1) is 9.29. The van der Waals surface area contributed by atoms with Crippen molar-refractivity contribution in [2.75, 3.05) is 4.90 Å². The third-order valence-electron chi connectivity index (χ3n) is 3.47. The van der Waals surface area contributed by atoms with Crippen molar-refractivity contribution < 1.29 is 5.21 Å². The van der Waals surface area contributed by atoms with Crippen LogP contribution >= 0.6 is 0 Å². The molecule has 1 aliphatic rings. The van der Waals surface area contributed by atoms with Crippen LogP contribution in [0.15, 0.2) is 53.7 Å². The fraction of sp³-hybridized carbons (Fsp3) is 0.133. The number of rotatable bonds is 2. The second kappa shape index (κ2) is 4.65. The SMILES string of the molecule is N/C(=N/O)c1ccccc1N1Cc2ccccc2C1. The molecule has 0 aromatic heterocycles. The van der Waals surface area contributed by atoms with Gasteiger partial charge in [0.15, 0.2) is 5.84 Å². The Balaban J connectivity index is 1.98. The number of oxime groups is 1. The Bertz CT molecular complexity index is 612. The number of para-hydroxylation sites is 1. The molecule has 0 saturated heterocycles. The molecule has 96 valence electrons. The Kier molecular flexibility index (Phi) is 2.83. The number of hydrogen-bond acceptors (Lipinski definition) is 3. The van der Waals surface area contributed by atoms with E-state index in [9.17, 15) is 0 Å². The summed E-state index contributed by atoms with van der Waals surface area (Å²) >= 11 is 0. The molecular weight excluding hydrogens is 238 g/mol. The van der Waals surface area contributed by atoms with E-state index in [2.05, 4.69) is 34.3 Å². The van der Waals surface area contributed by atoms with Gasteiger partial charge in [-0.25, -0.2) is 0 Å². The summed E-state index contributed by atoms with van der Waals surface area (Å²) in [7, 11) is 0. The van der Waals surface area contributed by atoms with Gasteiger partial charge in [-0.15, -0.1) is 0 Å². The van der Waals surface area contributed by atoms with Gasteiger partial charge >= 0.3 is 0 Å². The maximum Gasteiger partial charge on any atom is 0.172 e. The largest absolute Gasteiger partial charge is 0.409 e. The summed E-state index contributed by atoms with van der Waals surface area (Å²) in [5.41, 5.74) is 10.2. The number of benzene rings is 2. The molecule has 0 fully saturated rings. The number of fused-ring (bicyclic) bond motifs is 1. The van der Waals surface area contributed by atoms with Crippen LogP contribution < -0.4 is 10.6 Å². The van der Waals surface area contributed by atoms with E-state index in [0.29, 0.717) is 0 Å². The number of nitrogens with zero attached hydrogens (tertiary/aromatic N) is 2. The van der Waals surface area contributed by atoms with Gasteiger partial charge in [0.05, 0.1) is 0 Å². The highest BCUT2D eigenvalue weighted by atomic mass is 16.4. The quantitative estimate of drug-likeness (QED) is 0.373. The summed E-state index contributed by atoms with van der Waals surface area (Å²) in [5.74, 6) is 0.145. The van der Waals surface area contributed by atoms with E-state index >= 15 is 0 Å². The molecule has 0 amide bonds. The van der Waals surface area contributed by atoms with Crippen LogP contribution in [0, 0.1) is 0 Å². The summed E-state index contributed by atoms with van der Waals surface area (Å²) < 4.78 is 0. The topological polar surface area (TPSA) is 61.9 Å². The predicted molar refractivity (Wildman–Crippen MR) is 75.3 cm³/mol. The molecule has 2 aromatic carbocycles. The second-order valence-corrected chi connectivity index (χ2v) is 4.63. The van der Waals surface area contributed by atoms with Gasteiger partial charge in [-0.3, -0.25) is 0 Å². The Morgan fingerprint density at radius 1 is 1.00 bits per heavy atom. The molecule has 4 heteroatoms. The highest BCUT2D eigenvalue weighted by Crippen LogP contribution is 2.30. The van der Waals surface area contributed by atoms with Crippen LogP contribution in [0.25, 0.3) is 0 Å². The van der Waals surface area contributed by atoms with Crippen LogP contribution in [-0.4, -0.2) is 11.0 Å². The van der Waals surface area contributed by atoms with Gasteiger partial charge in [-0.2, -0.15) is 0 Å². The molecule has 2 aromatic rings. The molecule has 0 aliphatic carbocycles. The van der Waals surface area contributed by atoms with E-state index in [-0.39, 0.29) is 5.84 Å². The summed E-state index contributed by atoms with van der Waals surface area (Å²) in [5, 5.41) is 12.0. The average Bonchev–Trinajstić information content (AvgIpc) is 2.90. The molecule has 3 rings (SSSR count). The van der Waals surface area contributed by atoms with E-state index in [1.807, 2.05) is 24.3 Å². The number of nitrogens with two attached hydrogens (primary N) is 1. The zero-order valence-corrected chi connectivity index (χ0v) is 10.5. The van der Waals surface area contributed by atoms with Crippen molar-refractivity contribution in [3.63, 3.8) is 0 Å². The first-order valence-corrected chi connectivity index (χ1v) is 6.18. The smallest absolute Gasteiger partial charge is 0.172 e. The van der Waals surface area contributed by atoms with Gasteiger partial charge in [0.2, 0.25) is 0 Å². The minimum atomic E-state index is 0.145. The van der Waals surface area contributed by atoms with E-state index in [1.54, 1.807) is 0 Å². The van der Waals surface area contributed by atoms with Crippen molar-refractivity contribution >= 4 is 11.5 Å². The molecule has 0 unspecified atom stereocenters. The molecule has 0 spiro atoms. The molecule has 0 radical (unpaired) electrons. The van der Waals surface area contributed by atoms with Crippen LogP contribution in [0.1, 0.15) is 16.7 Å². The maximum atomic E-state index is 8.87. The van der Waals surface area contributed by atoms with Crippen LogP contribution in [0.2, 0.25) is 0 Å². The lowest BCUT2D eigenvalue weighted by atomic mass is 10.1. The lowest BCUT2D eigenvalue weighted by Crippen LogP contribution is -2.21. The monoisotopic (exact) mass is 253 g/mol. The van der Waals surface area contributed by atoms with Crippen LogP contribution in [0.3, 0.4) is 0 Å². The minimum absolute atomic E-state index is 0.145. The molecule has 0 bridgehead atoms. The summed E-state index contributed by atoms with van der Waals surface area (Å²) in [4.78, 5) is 2.23. The molecule has 19 heavy (non-hydrogen) atoms. The summed E-state index contributed by atoms with van der Waals surface area (Å²) in [6, 6.07) is 16.1. The highest BCUT2D eigenvalue weighted by molar-refractivity contribution is 6.02. The van der Waals surface area contributed by atoms with Crippen molar-refractivity contribution in [2.24, 2.45) is 10.9 Å². The van der Waals surface area contributed by atoms with Crippen molar-refractivity contribution in [1.29, 1.82) is 0 Å². The Morgan fingerprint density at radius 2 is 1.58 bits per heavy atom. The van der Waals surface area contributed by atoms with Crippen LogP contribution in [0.5, 0.6) is 0 Å². The molecule has 1 aliphatic heterocycles. The Hall–Kier alpha value is -2.49. The molecule has 3 N–H and O–H groups in total. The molecule has 4 nitrogen and oxygen atoms in total. The van der Waals surface area contributed by atoms with Crippen molar-refractivity contribution in [1.82, 2.24) is 0 Å². The fourth-order valence-electron chi connectivity index (χ4n) is 2.52. The molecule has 0 saturated carbocycles. The standard InChI is InChI=1S/C15H15N3O/c16-15(17-19)13-7-3-4-8-14(13)18-9-11-5-1-2-6-12(11)10-18/h1-8,19H,9-10H2,(H2,16,17). The normalized spacial score (nSPS) is 14.5. The van der Waals surface area contributed by atoms with Crippen LogP contribution in [0.4, 0.5) is 5.69 Å². The van der Waals surface area contributed by atoms with E-state index < -0.39 is 0 Å². The van der Waals surface area contributed by atoms with Crippen molar-refractivity contribution in [3.05, 3.63) is 65.2 Å². The predicted octanol–water partition coefficient (Wildman–Crippen LogP) is 2.30. The molecule has 1 heterocycles. The highest BCUT2D eigenvalue weighted by Gasteiger charge is 2.21. The average molecular weight is 253 g/mol. The molecular formula is C15H15N3O. The van der Waals surface area contributed by atoms with E-state index in [4.69, 9.17) is 10.9 Å². The van der Waals surface area contributed by atoms with Gasteiger partial charge < -0.3 is 15.8 Å². The van der Waals surface area contributed by atoms with Gasteiger partial charge in [-0.05, 0) is 23.3 Å². The third-order valence-corrected chi connectivity index (χ3v) is 3.47. The Morgan fingerprint density at radius 3 is 2.21 bits per heavy atom. The number of amidine groups is 1. The minimum Gasteiger partial charge on any atom is -0.409 e. The number of hydrogen-bond donors (Lipinski definition) is 2. The first kappa shape index (κ1) is 11.6. The summed E-state index contributed by atoms with van der Waals surface area (Å²) in [6.07, 6.45) is 0. The molecule has 0 atom stereocenters. The Labute approximate surface area is 111 Å². The van der Waals surface area contributed by atoms with Gasteiger partial charge in [0.25, 0.3) is 0 Å². The lowest BCUT2D eigenvalue weighted by molar-refractivity contribution is 0.318. The van der Waals surface area contributed by atoms with Gasteiger partial charge in [0, 0.05) is 24.3 Å². The third kappa shape index (κ3) is 2.01. The lowest BCUT2D eigenvalue weighted by Gasteiger charge is -2.20. The maximum absolute atomic E-state index is 8.87. The van der Waals surface area contributed by atoms with Crippen molar-refractivity contribution in [2.45, 2.75) is 13.1 Å². The first-order valence-electron chi connectivity index (χ1n) is 6.18. The van der Waals surface area contributed by atoms with Crippen molar-refractivity contribution in [3.8, 4) is 0 Å². The van der Waals surface area contributed by atoms with Crippen LogP contribution in [-0.2, 0) is 13.1 Å². The van der Waals surface area contributed by atoms with E-state index in [0.717, 1.165) is 24.3 Å². The summed E-state index contributed by atoms with van der Waals surface area (Å²) in [6.45, 7) is 1.71. The van der Waals surface area contributed by atoms with E-state index in [1.165, 1.54) is 11.1 Å². The zero-order valence-electron chi connectivity index (χ0n) is 10.5. The number of anilines is 1.